The predicted octanol–water partition coefficient (Wildman–Crippen LogP) is 4.40. The first kappa shape index (κ1) is 30.0. The lowest BCUT2D eigenvalue weighted by Crippen LogP contribution is -2.39. The first-order chi connectivity index (χ1) is 20.7. The maximum atomic E-state index is 13.9. The molecule has 0 aliphatic heterocycles. The molecule has 2 heterocycles. The van der Waals surface area contributed by atoms with E-state index in [9.17, 15) is 30.0 Å². The Bertz CT molecular complexity index is 1980. The minimum Gasteiger partial charge on any atom is -0.495 e. The van der Waals surface area contributed by atoms with E-state index in [1.807, 2.05) is 0 Å². The lowest BCUT2D eigenvalue weighted by molar-refractivity contribution is -0.151. The standard InChI is InChI=1S/C28H27F3N6O5S2/c1-42-22-11-4-17(14-23(22)43(38,39)18-7-8-18)20-9-10-21-24(34-20)25(37-27(12-13-27)28(29,30)31)36-26(35-21)33-15-16-2-5-19(6-3-16)44(32,40)41/h2-6,9-11,14,18H,7-8,12-13,15H2,1H3,(H2,32,40,41)(H2,33,35,36,37). The number of nitrogens with zero attached hydrogens (tertiary/aromatic N) is 3. The number of halogens is 3. The third-order valence-electron chi connectivity index (χ3n) is 7.62. The number of anilines is 2. The number of benzene rings is 2. The van der Waals surface area contributed by atoms with Crippen LogP contribution in [0.1, 0.15) is 31.2 Å². The lowest BCUT2D eigenvalue weighted by atomic mass is 10.1. The summed E-state index contributed by atoms with van der Waals surface area (Å²) in [7, 11) is -6.11. The monoisotopic (exact) mass is 648 g/mol. The first-order valence-electron chi connectivity index (χ1n) is 13.5. The topological polar surface area (TPSA) is 166 Å². The molecule has 2 aliphatic rings. The Labute approximate surface area is 251 Å². The molecule has 2 saturated carbocycles. The number of hydrogen-bond acceptors (Lipinski definition) is 10. The van der Waals surface area contributed by atoms with Crippen LogP contribution in [0.3, 0.4) is 0 Å². The van der Waals surface area contributed by atoms with E-state index in [-0.39, 0.29) is 57.7 Å². The second kappa shape index (κ2) is 10.6. The number of primary sulfonamides is 1. The van der Waals surface area contributed by atoms with Crippen molar-refractivity contribution in [2.24, 2.45) is 5.14 Å². The smallest absolute Gasteiger partial charge is 0.411 e. The van der Waals surface area contributed by atoms with Gasteiger partial charge in [0, 0.05) is 12.1 Å². The van der Waals surface area contributed by atoms with Crippen LogP contribution in [0.4, 0.5) is 24.9 Å². The minimum atomic E-state index is -4.54. The Morgan fingerprint density at radius 1 is 0.977 bits per heavy atom. The fourth-order valence-electron chi connectivity index (χ4n) is 4.77. The van der Waals surface area contributed by atoms with Crippen LogP contribution in [0.2, 0.25) is 0 Å². The quantitative estimate of drug-likeness (QED) is 0.224. The maximum absolute atomic E-state index is 13.9. The fraction of sp³-hybridized carbons (Fsp3) is 0.321. The highest BCUT2D eigenvalue weighted by atomic mass is 32.2. The molecule has 2 aliphatic carbocycles. The molecule has 6 rings (SSSR count). The van der Waals surface area contributed by atoms with E-state index < -0.39 is 36.8 Å². The van der Waals surface area contributed by atoms with E-state index in [1.165, 1.54) is 43.5 Å². The fourth-order valence-corrected chi connectivity index (χ4v) is 7.12. The van der Waals surface area contributed by atoms with E-state index in [0.717, 1.165) is 0 Å². The van der Waals surface area contributed by atoms with Gasteiger partial charge in [-0.05, 0) is 73.7 Å². The number of fused-ring (bicyclic) bond motifs is 1. The molecular formula is C28H27F3N6O5S2. The van der Waals surface area contributed by atoms with E-state index in [1.54, 1.807) is 18.2 Å². The van der Waals surface area contributed by atoms with Crippen molar-refractivity contribution < 1.29 is 34.7 Å². The number of methoxy groups -OCH3 is 1. The molecule has 4 aromatic rings. The van der Waals surface area contributed by atoms with Gasteiger partial charge in [0.15, 0.2) is 15.7 Å². The molecule has 11 nitrogen and oxygen atoms in total. The van der Waals surface area contributed by atoms with Gasteiger partial charge in [0.2, 0.25) is 16.0 Å². The van der Waals surface area contributed by atoms with Crippen molar-refractivity contribution in [2.75, 3.05) is 17.7 Å². The molecule has 232 valence electrons. The highest BCUT2D eigenvalue weighted by Crippen LogP contribution is 2.51. The molecule has 0 spiro atoms. The Kier molecular flexibility index (Phi) is 7.20. The number of alkyl halides is 3. The van der Waals surface area contributed by atoms with E-state index in [0.29, 0.717) is 29.7 Å². The van der Waals surface area contributed by atoms with Crippen LogP contribution in [0.15, 0.2) is 64.4 Å². The lowest BCUT2D eigenvalue weighted by Gasteiger charge is -2.22. The van der Waals surface area contributed by atoms with Crippen LogP contribution in [0, 0.1) is 0 Å². The molecule has 44 heavy (non-hydrogen) atoms. The largest absolute Gasteiger partial charge is 0.495 e. The number of sulfone groups is 1. The van der Waals surface area contributed by atoms with E-state index in [4.69, 9.17) is 9.88 Å². The number of sulfonamides is 1. The second-order valence-electron chi connectivity index (χ2n) is 10.8. The van der Waals surface area contributed by atoms with Gasteiger partial charge in [-0.1, -0.05) is 12.1 Å². The zero-order valence-electron chi connectivity index (χ0n) is 23.2. The average molecular weight is 649 g/mol. The Morgan fingerprint density at radius 3 is 2.27 bits per heavy atom. The van der Waals surface area contributed by atoms with Gasteiger partial charge in [0.05, 0.1) is 28.5 Å². The average Bonchev–Trinajstić information content (AvgIpc) is 3.90. The summed E-state index contributed by atoms with van der Waals surface area (Å²) in [6.07, 6.45) is -3.69. The van der Waals surface area contributed by atoms with E-state index in [2.05, 4.69) is 25.6 Å². The normalized spacial score (nSPS) is 16.5. The summed E-state index contributed by atoms with van der Waals surface area (Å²) in [4.78, 5) is 13.3. The molecule has 4 N–H and O–H groups in total. The number of rotatable bonds is 10. The molecule has 2 aromatic heterocycles. The molecule has 0 unspecified atom stereocenters. The number of nitrogens with one attached hydrogen (secondary N) is 2. The van der Waals surface area contributed by atoms with E-state index >= 15 is 0 Å². The molecular weight excluding hydrogens is 621 g/mol. The first-order valence-corrected chi connectivity index (χ1v) is 16.6. The molecule has 0 saturated heterocycles. The molecule has 2 fully saturated rings. The highest BCUT2D eigenvalue weighted by molar-refractivity contribution is 7.92. The summed E-state index contributed by atoms with van der Waals surface area (Å²) in [5.41, 5.74) is -0.446. The Balaban J connectivity index is 1.38. The SMILES string of the molecule is COc1ccc(-c2ccc3nc(NCc4ccc(S(N)(=O)=O)cc4)nc(NC4(C(F)(F)F)CC4)c3n2)cc1S(=O)(=O)C1CC1. The molecule has 0 bridgehead atoms. The maximum Gasteiger partial charge on any atom is 0.411 e. The van der Waals surface area contributed by atoms with Crippen molar-refractivity contribution in [2.45, 2.75) is 59.0 Å². The van der Waals surface area contributed by atoms with Crippen molar-refractivity contribution in [1.82, 2.24) is 15.0 Å². The summed E-state index contributed by atoms with van der Waals surface area (Å²) < 4.78 is 96.3. The third-order valence-corrected chi connectivity index (χ3v) is 10.8. The van der Waals surface area contributed by atoms with Gasteiger partial charge in [0.25, 0.3) is 0 Å². The van der Waals surface area contributed by atoms with Crippen molar-refractivity contribution in [3.8, 4) is 17.0 Å². The van der Waals surface area contributed by atoms with Gasteiger partial charge < -0.3 is 15.4 Å². The third kappa shape index (κ3) is 5.76. The van der Waals surface area contributed by atoms with Crippen LogP contribution in [-0.2, 0) is 26.4 Å². The van der Waals surface area contributed by atoms with Crippen molar-refractivity contribution in [1.29, 1.82) is 0 Å². The Hall–Kier alpha value is -4.02. The zero-order valence-corrected chi connectivity index (χ0v) is 24.9. The number of hydrogen-bond donors (Lipinski definition) is 3. The van der Waals surface area contributed by atoms with Crippen LogP contribution >= 0.6 is 0 Å². The number of pyridine rings is 1. The van der Waals surface area contributed by atoms with Crippen molar-refractivity contribution >= 4 is 42.7 Å². The summed E-state index contributed by atoms with van der Waals surface area (Å²) in [6.45, 7) is 0.135. The molecule has 0 atom stereocenters. The van der Waals surface area contributed by atoms with Gasteiger partial charge in [0.1, 0.15) is 21.7 Å². The van der Waals surface area contributed by atoms with Crippen LogP contribution in [0.5, 0.6) is 5.75 Å². The van der Waals surface area contributed by atoms with Crippen molar-refractivity contribution in [3.63, 3.8) is 0 Å². The van der Waals surface area contributed by atoms with Gasteiger partial charge in [-0.25, -0.2) is 31.9 Å². The summed E-state index contributed by atoms with van der Waals surface area (Å²) in [5, 5.41) is 10.2. The van der Waals surface area contributed by atoms with Crippen LogP contribution in [-0.4, -0.2) is 55.9 Å². The van der Waals surface area contributed by atoms with Crippen LogP contribution < -0.4 is 20.5 Å². The van der Waals surface area contributed by atoms with Gasteiger partial charge in [-0.2, -0.15) is 18.2 Å². The minimum absolute atomic E-state index is 0.0188. The Morgan fingerprint density at radius 2 is 1.68 bits per heavy atom. The number of ether oxygens (including phenoxy) is 1. The van der Waals surface area contributed by atoms with Gasteiger partial charge >= 0.3 is 6.18 Å². The van der Waals surface area contributed by atoms with Gasteiger partial charge in [-0.3, -0.25) is 0 Å². The molecule has 2 aromatic carbocycles. The summed E-state index contributed by atoms with van der Waals surface area (Å²) in [5.74, 6) is 0.0754. The molecule has 0 amide bonds. The predicted molar refractivity (Wildman–Crippen MR) is 156 cm³/mol. The molecule has 16 heteroatoms. The summed E-state index contributed by atoms with van der Waals surface area (Å²) >= 11 is 0. The number of aromatic nitrogens is 3. The van der Waals surface area contributed by atoms with Crippen LogP contribution in [0.25, 0.3) is 22.3 Å². The highest BCUT2D eigenvalue weighted by Gasteiger charge is 2.64. The molecule has 0 radical (unpaired) electrons. The van der Waals surface area contributed by atoms with Crippen molar-refractivity contribution in [3.05, 3.63) is 60.2 Å². The second-order valence-corrected chi connectivity index (χ2v) is 14.6. The summed E-state index contributed by atoms with van der Waals surface area (Å²) in [6, 6.07) is 13.5. The van der Waals surface area contributed by atoms with Gasteiger partial charge in [-0.15, -0.1) is 0 Å². The zero-order chi connectivity index (χ0) is 31.5. The number of nitrogens with two attached hydrogens (primary N) is 1.